The summed E-state index contributed by atoms with van der Waals surface area (Å²) < 4.78 is 7.60. The standard InChI is InChI=1S/C25H36N4O3S2/c1-24(2,3)22-20-21(16-9-11-33-14-16)34-15-19(31)28(23(20)29(27-22)25(4,5)6)13-18(30)26-12-17-8-7-10-32-17/h9,11,14,17,21H,7-8,10,12-13,15H2,1-6H3,(H,26,30). The minimum atomic E-state index is -0.367. The molecule has 4 rings (SSSR count). The van der Waals surface area contributed by atoms with Crippen molar-refractivity contribution in [3.05, 3.63) is 33.6 Å². The molecule has 2 aliphatic rings. The van der Waals surface area contributed by atoms with Gasteiger partial charge >= 0.3 is 0 Å². The lowest BCUT2D eigenvalue weighted by atomic mass is 9.87. The molecule has 0 bridgehead atoms. The van der Waals surface area contributed by atoms with Crippen LogP contribution in [0.25, 0.3) is 0 Å². The zero-order valence-corrected chi connectivity index (χ0v) is 22.6. The molecule has 0 radical (unpaired) electrons. The van der Waals surface area contributed by atoms with Gasteiger partial charge in [-0.3, -0.25) is 14.5 Å². The van der Waals surface area contributed by atoms with Gasteiger partial charge in [-0.15, -0.1) is 11.8 Å². The Labute approximate surface area is 210 Å². The molecule has 2 aromatic heterocycles. The van der Waals surface area contributed by atoms with Gasteiger partial charge in [-0.1, -0.05) is 20.8 Å². The van der Waals surface area contributed by atoms with E-state index in [1.54, 1.807) is 28.0 Å². The molecule has 186 valence electrons. The summed E-state index contributed by atoms with van der Waals surface area (Å²) in [6.45, 7) is 13.9. The van der Waals surface area contributed by atoms with E-state index in [4.69, 9.17) is 9.84 Å². The molecule has 2 atom stereocenters. The van der Waals surface area contributed by atoms with Crippen molar-refractivity contribution in [2.24, 2.45) is 0 Å². The van der Waals surface area contributed by atoms with Gasteiger partial charge in [-0.25, -0.2) is 4.68 Å². The molecule has 2 aliphatic heterocycles. The van der Waals surface area contributed by atoms with Crippen LogP contribution in [0.15, 0.2) is 16.8 Å². The van der Waals surface area contributed by atoms with Gasteiger partial charge in [0.05, 0.1) is 28.3 Å². The first kappa shape index (κ1) is 25.3. The zero-order valence-electron chi connectivity index (χ0n) is 21.0. The molecule has 1 fully saturated rings. The predicted molar refractivity (Wildman–Crippen MR) is 139 cm³/mol. The first-order chi connectivity index (χ1) is 16.0. The van der Waals surface area contributed by atoms with Crippen molar-refractivity contribution in [1.82, 2.24) is 15.1 Å². The molecule has 1 saturated heterocycles. The van der Waals surface area contributed by atoms with Crippen LogP contribution in [0.4, 0.5) is 5.82 Å². The quantitative estimate of drug-likeness (QED) is 0.651. The molecule has 1 N–H and O–H groups in total. The Kier molecular flexibility index (Phi) is 7.18. The minimum absolute atomic E-state index is 0.0181. The summed E-state index contributed by atoms with van der Waals surface area (Å²) in [6, 6.07) is 2.13. The first-order valence-electron chi connectivity index (χ1n) is 11.9. The fourth-order valence-electron chi connectivity index (χ4n) is 4.46. The number of thioether (sulfide) groups is 1. The van der Waals surface area contributed by atoms with Crippen molar-refractivity contribution in [2.75, 3.05) is 30.3 Å². The molecule has 2 amide bonds. The second-order valence-corrected chi connectivity index (χ2v) is 13.0. The highest BCUT2D eigenvalue weighted by molar-refractivity contribution is 8.00. The second kappa shape index (κ2) is 9.66. The van der Waals surface area contributed by atoms with Crippen LogP contribution in [0.5, 0.6) is 0 Å². The van der Waals surface area contributed by atoms with Gasteiger partial charge in [0.1, 0.15) is 12.4 Å². The van der Waals surface area contributed by atoms with Gasteiger partial charge in [0.25, 0.3) is 0 Å². The van der Waals surface area contributed by atoms with Crippen LogP contribution in [-0.4, -0.2) is 53.1 Å². The summed E-state index contributed by atoms with van der Waals surface area (Å²) in [5.74, 6) is 0.813. The van der Waals surface area contributed by atoms with E-state index in [0.717, 1.165) is 36.5 Å². The van der Waals surface area contributed by atoms with Crippen molar-refractivity contribution in [3.8, 4) is 0 Å². The number of carbonyl (C=O) groups excluding carboxylic acids is 2. The number of aromatic nitrogens is 2. The lowest BCUT2D eigenvalue weighted by Gasteiger charge is -2.29. The summed E-state index contributed by atoms with van der Waals surface area (Å²) in [5, 5.41) is 12.3. The van der Waals surface area contributed by atoms with E-state index < -0.39 is 0 Å². The number of nitrogens with zero attached hydrogens (tertiary/aromatic N) is 3. The third kappa shape index (κ3) is 5.21. The molecule has 0 aromatic carbocycles. The van der Waals surface area contributed by atoms with Gasteiger partial charge in [-0.2, -0.15) is 16.4 Å². The summed E-state index contributed by atoms with van der Waals surface area (Å²) >= 11 is 3.28. The lowest BCUT2D eigenvalue weighted by Crippen LogP contribution is -2.45. The van der Waals surface area contributed by atoms with E-state index in [2.05, 4.69) is 63.7 Å². The Bertz CT molecular complexity index is 1030. The Balaban J connectivity index is 1.78. The van der Waals surface area contributed by atoms with Crippen molar-refractivity contribution in [3.63, 3.8) is 0 Å². The number of hydrogen-bond donors (Lipinski definition) is 1. The number of amides is 2. The number of nitrogens with one attached hydrogen (secondary N) is 1. The number of anilines is 1. The highest BCUT2D eigenvalue weighted by Crippen LogP contribution is 2.49. The largest absolute Gasteiger partial charge is 0.376 e. The van der Waals surface area contributed by atoms with Crippen LogP contribution in [0.3, 0.4) is 0 Å². The third-order valence-electron chi connectivity index (χ3n) is 6.13. The highest BCUT2D eigenvalue weighted by atomic mass is 32.2. The van der Waals surface area contributed by atoms with Crippen LogP contribution < -0.4 is 10.2 Å². The van der Waals surface area contributed by atoms with Gasteiger partial charge in [0.15, 0.2) is 0 Å². The fourth-order valence-corrected chi connectivity index (χ4v) is 6.42. The fraction of sp³-hybridized carbons (Fsp3) is 0.640. The molecule has 0 aliphatic carbocycles. The Morgan fingerprint density at radius 2 is 2.03 bits per heavy atom. The molecular formula is C25H36N4O3S2. The summed E-state index contributed by atoms with van der Waals surface area (Å²) in [6.07, 6.45) is 2.04. The second-order valence-electron chi connectivity index (χ2n) is 11.1. The number of thiophene rings is 1. The van der Waals surface area contributed by atoms with Crippen LogP contribution in [0, 0.1) is 0 Å². The maximum Gasteiger partial charge on any atom is 0.240 e. The average molecular weight is 505 g/mol. The average Bonchev–Trinajstić information content (AvgIpc) is 3.49. The van der Waals surface area contributed by atoms with Gasteiger partial charge in [0, 0.05) is 24.1 Å². The summed E-state index contributed by atoms with van der Waals surface area (Å²) in [7, 11) is 0. The van der Waals surface area contributed by atoms with E-state index in [9.17, 15) is 9.59 Å². The molecule has 0 saturated carbocycles. The maximum absolute atomic E-state index is 13.5. The summed E-state index contributed by atoms with van der Waals surface area (Å²) in [4.78, 5) is 28.2. The van der Waals surface area contributed by atoms with E-state index >= 15 is 0 Å². The summed E-state index contributed by atoms with van der Waals surface area (Å²) in [5.41, 5.74) is 2.60. The molecule has 7 nitrogen and oxygen atoms in total. The number of carbonyl (C=O) groups is 2. The third-order valence-corrected chi connectivity index (χ3v) is 8.09. The van der Waals surface area contributed by atoms with E-state index in [0.29, 0.717) is 12.3 Å². The molecule has 9 heteroatoms. The molecule has 0 spiro atoms. The monoisotopic (exact) mass is 504 g/mol. The van der Waals surface area contributed by atoms with Gasteiger partial charge in [0.2, 0.25) is 11.8 Å². The van der Waals surface area contributed by atoms with E-state index in [1.165, 1.54) is 5.56 Å². The molecule has 4 heterocycles. The van der Waals surface area contributed by atoms with Crippen LogP contribution in [0.2, 0.25) is 0 Å². The molecule has 34 heavy (non-hydrogen) atoms. The topological polar surface area (TPSA) is 76.5 Å². The van der Waals surface area contributed by atoms with Crippen LogP contribution in [-0.2, 0) is 25.3 Å². The molecule has 2 aromatic rings. The number of ether oxygens (including phenoxy) is 1. The highest BCUT2D eigenvalue weighted by Gasteiger charge is 2.41. The Morgan fingerprint density at radius 1 is 1.26 bits per heavy atom. The Morgan fingerprint density at radius 3 is 2.62 bits per heavy atom. The van der Waals surface area contributed by atoms with Crippen molar-refractivity contribution >= 4 is 40.7 Å². The van der Waals surface area contributed by atoms with Crippen molar-refractivity contribution in [2.45, 2.75) is 76.7 Å². The van der Waals surface area contributed by atoms with E-state index in [-0.39, 0.29) is 40.7 Å². The molecule has 2 unspecified atom stereocenters. The van der Waals surface area contributed by atoms with Crippen molar-refractivity contribution in [1.29, 1.82) is 0 Å². The van der Waals surface area contributed by atoms with E-state index in [1.807, 2.05) is 4.68 Å². The van der Waals surface area contributed by atoms with Crippen LogP contribution in [0.1, 0.15) is 76.5 Å². The Hall–Kier alpha value is -1.84. The number of fused-ring (bicyclic) bond motifs is 1. The number of hydrogen-bond acceptors (Lipinski definition) is 6. The zero-order chi connectivity index (χ0) is 24.7. The smallest absolute Gasteiger partial charge is 0.240 e. The van der Waals surface area contributed by atoms with Gasteiger partial charge < -0.3 is 10.1 Å². The number of rotatable bonds is 5. The maximum atomic E-state index is 13.5. The SMILES string of the molecule is CC(C)(C)c1nn(C(C)(C)C)c2c1C(c1ccsc1)SCC(=O)N2CC(=O)NCC1CCCO1. The molecular weight excluding hydrogens is 468 g/mol. The minimum Gasteiger partial charge on any atom is -0.376 e. The predicted octanol–water partition coefficient (Wildman–Crippen LogP) is 4.46. The first-order valence-corrected chi connectivity index (χ1v) is 13.9. The normalized spacial score (nSPS) is 21.5. The van der Waals surface area contributed by atoms with Gasteiger partial charge in [-0.05, 0) is 56.0 Å². The van der Waals surface area contributed by atoms with Crippen molar-refractivity contribution < 1.29 is 14.3 Å². The lowest BCUT2D eigenvalue weighted by molar-refractivity contribution is -0.123. The van der Waals surface area contributed by atoms with Crippen LogP contribution >= 0.6 is 23.1 Å².